The Hall–Kier alpha value is -2.21. The van der Waals surface area contributed by atoms with Crippen molar-refractivity contribution in [2.75, 3.05) is 5.32 Å². The third kappa shape index (κ3) is 3.88. The van der Waals surface area contributed by atoms with Crippen LogP contribution < -0.4 is 10.1 Å². The topological polar surface area (TPSA) is 38.3 Å². The Morgan fingerprint density at radius 2 is 1.90 bits per heavy atom. The molecule has 2 aromatic carbocycles. The zero-order chi connectivity index (χ0) is 15.4. The second kappa shape index (κ2) is 6.49. The Balaban J connectivity index is 2.26. The van der Waals surface area contributed by atoms with Gasteiger partial charge in [-0.15, -0.1) is 0 Å². The van der Waals surface area contributed by atoms with Crippen molar-refractivity contribution in [3.8, 4) is 5.75 Å². The van der Waals surface area contributed by atoms with Gasteiger partial charge in [-0.25, -0.2) is 4.39 Å². The number of amides is 1. The standard InChI is InChI=1S/C14H9ClF3NO2/c15-8-5-6-10(16)11(7-8)19-13(20)9-3-1-2-4-12(9)21-14(17)18/h1-7,14H,(H,19,20). The molecule has 0 aliphatic rings. The number of hydrogen-bond acceptors (Lipinski definition) is 2. The van der Waals surface area contributed by atoms with Gasteiger partial charge in [-0.2, -0.15) is 8.78 Å². The fourth-order valence-corrected chi connectivity index (χ4v) is 1.81. The molecule has 0 aliphatic carbocycles. The second-order valence-corrected chi connectivity index (χ2v) is 4.39. The average Bonchev–Trinajstić information content (AvgIpc) is 2.42. The highest BCUT2D eigenvalue weighted by molar-refractivity contribution is 6.31. The van der Waals surface area contributed by atoms with Gasteiger partial charge in [0.1, 0.15) is 11.6 Å². The molecule has 0 spiro atoms. The lowest BCUT2D eigenvalue weighted by Crippen LogP contribution is -2.15. The molecular weight excluding hydrogens is 307 g/mol. The number of carbonyl (C=O) groups is 1. The normalized spacial score (nSPS) is 10.5. The number of carbonyl (C=O) groups excluding carboxylic acids is 1. The largest absolute Gasteiger partial charge is 0.434 e. The van der Waals surface area contributed by atoms with Gasteiger partial charge in [0.25, 0.3) is 5.91 Å². The van der Waals surface area contributed by atoms with Crippen LogP contribution in [0.3, 0.4) is 0 Å². The average molecular weight is 316 g/mol. The van der Waals surface area contributed by atoms with E-state index in [0.29, 0.717) is 0 Å². The minimum Gasteiger partial charge on any atom is -0.434 e. The lowest BCUT2D eigenvalue weighted by molar-refractivity contribution is -0.0501. The van der Waals surface area contributed by atoms with Gasteiger partial charge in [-0.1, -0.05) is 23.7 Å². The molecular formula is C14H9ClF3NO2. The third-order valence-electron chi connectivity index (χ3n) is 2.52. The van der Waals surface area contributed by atoms with Gasteiger partial charge in [-0.3, -0.25) is 4.79 Å². The van der Waals surface area contributed by atoms with Gasteiger partial charge in [0.2, 0.25) is 0 Å². The van der Waals surface area contributed by atoms with Crippen LogP contribution >= 0.6 is 11.6 Å². The molecule has 0 heterocycles. The van der Waals surface area contributed by atoms with E-state index in [1.54, 1.807) is 0 Å². The maximum atomic E-state index is 13.5. The molecule has 0 atom stereocenters. The van der Waals surface area contributed by atoms with Gasteiger partial charge in [0.05, 0.1) is 11.3 Å². The van der Waals surface area contributed by atoms with Gasteiger partial charge >= 0.3 is 6.61 Å². The van der Waals surface area contributed by atoms with E-state index >= 15 is 0 Å². The number of anilines is 1. The van der Waals surface area contributed by atoms with Crippen LogP contribution in [0.1, 0.15) is 10.4 Å². The number of nitrogens with one attached hydrogen (secondary N) is 1. The first kappa shape index (κ1) is 15.2. The number of hydrogen-bond donors (Lipinski definition) is 1. The van der Waals surface area contributed by atoms with Gasteiger partial charge in [0, 0.05) is 5.02 Å². The fourth-order valence-electron chi connectivity index (χ4n) is 1.64. The summed E-state index contributed by atoms with van der Waals surface area (Å²) in [5.41, 5.74) is -0.295. The van der Waals surface area contributed by atoms with Gasteiger partial charge in [-0.05, 0) is 30.3 Å². The molecule has 3 nitrogen and oxygen atoms in total. The summed E-state index contributed by atoms with van der Waals surface area (Å²) in [6.45, 7) is -3.07. The van der Waals surface area contributed by atoms with E-state index in [0.717, 1.165) is 6.07 Å². The molecule has 2 aromatic rings. The smallest absolute Gasteiger partial charge is 0.387 e. The number of rotatable bonds is 4. The van der Waals surface area contributed by atoms with E-state index in [4.69, 9.17) is 11.6 Å². The minimum atomic E-state index is -3.07. The van der Waals surface area contributed by atoms with Crippen molar-refractivity contribution in [2.45, 2.75) is 6.61 Å². The number of ether oxygens (including phenoxy) is 1. The lowest BCUT2D eigenvalue weighted by Gasteiger charge is -2.11. The molecule has 0 radical (unpaired) electrons. The van der Waals surface area contributed by atoms with Crippen molar-refractivity contribution in [2.24, 2.45) is 0 Å². The Morgan fingerprint density at radius 1 is 1.19 bits per heavy atom. The van der Waals surface area contributed by atoms with Crippen LogP contribution in [-0.2, 0) is 0 Å². The fraction of sp³-hybridized carbons (Fsp3) is 0.0714. The zero-order valence-electron chi connectivity index (χ0n) is 10.4. The number of halogens is 4. The molecule has 2 rings (SSSR count). The molecule has 0 unspecified atom stereocenters. The molecule has 0 fully saturated rings. The van der Waals surface area contributed by atoms with E-state index < -0.39 is 18.3 Å². The SMILES string of the molecule is O=C(Nc1cc(Cl)ccc1F)c1ccccc1OC(F)F. The molecule has 21 heavy (non-hydrogen) atoms. The molecule has 0 aliphatic heterocycles. The first-order chi connectivity index (χ1) is 9.97. The quantitative estimate of drug-likeness (QED) is 0.912. The van der Waals surface area contributed by atoms with Crippen LogP contribution in [0.2, 0.25) is 5.02 Å². The van der Waals surface area contributed by atoms with E-state index in [9.17, 15) is 18.0 Å². The third-order valence-corrected chi connectivity index (χ3v) is 2.76. The molecule has 0 bridgehead atoms. The van der Waals surface area contributed by atoms with E-state index in [1.165, 1.54) is 36.4 Å². The number of para-hydroxylation sites is 1. The molecule has 0 saturated heterocycles. The van der Waals surface area contributed by atoms with Crippen LogP contribution in [-0.4, -0.2) is 12.5 Å². The summed E-state index contributed by atoms with van der Waals surface area (Å²) >= 11 is 5.70. The lowest BCUT2D eigenvalue weighted by atomic mass is 10.2. The van der Waals surface area contributed by atoms with E-state index in [1.807, 2.05) is 0 Å². The summed E-state index contributed by atoms with van der Waals surface area (Å²) in [5.74, 6) is -1.78. The van der Waals surface area contributed by atoms with Crippen LogP contribution in [0.25, 0.3) is 0 Å². The highest BCUT2D eigenvalue weighted by Gasteiger charge is 2.16. The van der Waals surface area contributed by atoms with Crippen LogP contribution in [0, 0.1) is 5.82 Å². The number of benzene rings is 2. The Labute approximate surface area is 123 Å². The maximum absolute atomic E-state index is 13.5. The highest BCUT2D eigenvalue weighted by atomic mass is 35.5. The van der Waals surface area contributed by atoms with Crippen LogP contribution in [0.4, 0.5) is 18.9 Å². The summed E-state index contributed by atoms with van der Waals surface area (Å²) in [6, 6.07) is 9.03. The van der Waals surface area contributed by atoms with Crippen molar-refractivity contribution < 1.29 is 22.7 Å². The molecule has 7 heteroatoms. The van der Waals surface area contributed by atoms with Gasteiger partial charge < -0.3 is 10.1 Å². The van der Waals surface area contributed by atoms with Crippen LogP contribution in [0.15, 0.2) is 42.5 Å². The first-order valence-electron chi connectivity index (χ1n) is 5.77. The molecule has 1 N–H and O–H groups in total. The molecule has 0 aromatic heterocycles. The second-order valence-electron chi connectivity index (χ2n) is 3.95. The van der Waals surface area contributed by atoms with Gasteiger partial charge in [0.15, 0.2) is 0 Å². The molecule has 110 valence electrons. The summed E-state index contributed by atoms with van der Waals surface area (Å²) in [6.07, 6.45) is 0. The van der Waals surface area contributed by atoms with Crippen molar-refractivity contribution >= 4 is 23.2 Å². The van der Waals surface area contributed by atoms with Crippen molar-refractivity contribution in [3.63, 3.8) is 0 Å². The van der Waals surface area contributed by atoms with Crippen molar-refractivity contribution in [3.05, 3.63) is 58.9 Å². The van der Waals surface area contributed by atoms with E-state index in [2.05, 4.69) is 10.1 Å². The summed E-state index contributed by atoms with van der Waals surface area (Å²) in [5, 5.41) is 2.48. The van der Waals surface area contributed by atoms with E-state index in [-0.39, 0.29) is 22.0 Å². The molecule has 1 amide bonds. The van der Waals surface area contributed by atoms with Crippen molar-refractivity contribution in [1.82, 2.24) is 0 Å². The Kier molecular flexibility index (Phi) is 4.70. The van der Waals surface area contributed by atoms with Crippen LogP contribution in [0.5, 0.6) is 5.75 Å². The summed E-state index contributed by atoms with van der Waals surface area (Å²) < 4.78 is 42.3. The Morgan fingerprint density at radius 3 is 2.62 bits per heavy atom. The minimum absolute atomic E-state index is 0.142. The Bertz CT molecular complexity index is 664. The summed E-state index contributed by atoms with van der Waals surface area (Å²) in [7, 11) is 0. The number of alkyl halides is 2. The predicted octanol–water partition coefficient (Wildman–Crippen LogP) is 4.33. The first-order valence-corrected chi connectivity index (χ1v) is 6.15. The zero-order valence-corrected chi connectivity index (χ0v) is 11.2. The monoisotopic (exact) mass is 315 g/mol. The predicted molar refractivity (Wildman–Crippen MR) is 72.4 cm³/mol. The maximum Gasteiger partial charge on any atom is 0.387 e. The van der Waals surface area contributed by atoms with Crippen molar-refractivity contribution in [1.29, 1.82) is 0 Å². The highest BCUT2D eigenvalue weighted by Crippen LogP contribution is 2.24. The summed E-state index contributed by atoms with van der Waals surface area (Å²) in [4.78, 5) is 12.0. The molecule has 0 saturated carbocycles.